The number of benzene rings is 2. The minimum absolute atomic E-state index is 0.248. The Morgan fingerprint density at radius 3 is 2.64 bits per heavy atom. The summed E-state index contributed by atoms with van der Waals surface area (Å²) in [6, 6.07) is 11.5. The highest BCUT2D eigenvalue weighted by Crippen LogP contribution is 2.32. The maximum absolute atomic E-state index is 13.0. The van der Waals surface area contributed by atoms with Gasteiger partial charge in [0, 0.05) is 21.3 Å². The van der Waals surface area contributed by atoms with Crippen LogP contribution in [0.1, 0.15) is 57.2 Å². The van der Waals surface area contributed by atoms with Crippen LogP contribution in [0.5, 0.6) is 5.75 Å². The molecule has 2 N–H and O–H groups in total. The molecule has 0 spiro atoms. The second-order valence-corrected chi connectivity index (χ2v) is 8.92. The number of allylic oxidation sites excluding steroid dienone is 1. The summed E-state index contributed by atoms with van der Waals surface area (Å²) in [6.07, 6.45) is 2.06. The molecule has 33 heavy (non-hydrogen) atoms. The molecule has 2 aromatic carbocycles. The highest BCUT2D eigenvalue weighted by atomic mass is 35.5. The van der Waals surface area contributed by atoms with Gasteiger partial charge in [0.15, 0.2) is 0 Å². The average molecular weight is 491 g/mol. The lowest BCUT2D eigenvalue weighted by Gasteiger charge is -2.30. The van der Waals surface area contributed by atoms with E-state index in [4.69, 9.17) is 32.7 Å². The molecule has 6 nitrogen and oxygen atoms in total. The summed E-state index contributed by atoms with van der Waals surface area (Å²) >= 11 is 12.2. The molecule has 0 saturated carbocycles. The normalized spacial score (nSPS) is 15.8. The highest BCUT2D eigenvalue weighted by molar-refractivity contribution is 6.35. The van der Waals surface area contributed by atoms with Crippen molar-refractivity contribution in [3.63, 3.8) is 0 Å². The van der Waals surface area contributed by atoms with Crippen molar-refractivity contribution in [1.82, 2.24) is 10.6 Å². The lowest BCUT2D eigenvalue weighted by atomic mass is 9.93. The fourth-order valence-electron chi connectivity index (χ4n) is 3.52. The smallest absolute Gasteiger partial charge is 0.338 e. The van der Waals surface area contributed by atoms with E-state index in [1.54, 1.807) is 32.0 Å². The number of ether oxygens (including phenoxy) is 2. The minimum atomic E-state index is -0.653. The van der Waals surface area contributed by atoms with Gasteiger partial charge >= 0.3 is 12.0 Å². The summed E-state index contributed by atoms with van der Waals surface area (Å²) in [7, 11) is 0. The predicted octanol–water partition coefficient (Wildman–Crippen LogP) is 6.32. The van der Waals surface area contributed by atoms with Crippen LogP contribution in [0.3, 0.4) is 0 Å². The number of rotatable bonds is 9. The third-order valence-corrected chi connectivity index (χ3v) is 5.68. The quantitative estimate of drug-likeness (QED) is 0.403. The third kappa shape index (κ3) is 6.65. The van der Waals surface area contributed by atoms with Crippen molar-refractivity contribution in [2.45, 2.75) is 58.8 Å². The second-order valence-electron chi connectivity index (χ2n) is 8.08. The monoisotopic (exact) mass is 490 g/mol. The van der Waals surface area contributed by atoms with Gasteiger partial charge < -0.3 is 20.1 Å². The number of hydrogen-bond donors (Lipinski definition) is 2. The molecule has 0 fully saturated rings. The molecule has 0 bridgehead atoms. The Morgan fingerprint density at radius 2 is 1.94 bits per heavy atom. The Kier molecular flexibility index (Phi) is 8.64. The van der Waals surface area contributed by atoms with E-state index in [0.717, 1.165) is 18.4 Å². The van der Waals surface area contributed by atoms with E-state index >= 15 is 0 Å². The predicted molar refractivity (Wildman–Crippen MR) is 129 cm³/mol. The Balaban J connectivity index is 1.89. The van der Waals surface area contributed by atoms with Crippen LogP contribution < -0.4 is 15.4 Å². The van der Waals surface area contributed by atoms with Crippen molar-refractivity contribution in [2.24, 2.45) is 0 Å². The maximum atomic E-state index is 13.0. The van der Waals surface area contributed by atoms with Crippen LogP contribution in [0.2, 0.25) is 10.0 Å². The van der Waals surface area contributed by atoms with Gasteiger partial charge in [0.25, 0.3) is 0 Å². The van der Waals surface area contributed by atoms with Crippen LogP contribution in [0.15, 0.2) is 53.7 Å². The lowest BCUT2D eigenvalue weighted by Crippen LogP contribution is -2.46. The zero-order valence-electron chi connectivity index (χ0n) is 18.9. The standard InChI is InChI=1S/C25H28Cl2N2O4/c1-4-5-9-21-22(24(30)33-15(2)3)23(29-25(31)28-21)16-7-6-8-19(12-16)32-14-17-10-11-18(26)13-20(17)27/h6-8,10-13,15,23H,4-5,9,14H2,1-3H3,(H2,28,29,31). The molecule has 3 rings (SSSR count). The van der Waals surface area contributed by atoms with Gasteiger partial charge in [0.1, 0.15) is 12.4 Å². The summed E-state index contributed by atoms with van der Waals surface area (Å²) in [5.74, 6) is 0.130. The molecule has 0 saturated heterocycles. The van der Waals surface area contributed by atoms with Gasteiger partial charge in [-0.15, -0.1) is 0 Å². The van der Waals surface area contributed by atoms with Gasteiger partial charge in [-0.05, 0) is 56.5 Å². The first-order chi connectivity index (χ1) is 15.8. The zero-order valence-corrected chi connectivity index (χ0v) is 20.4. The number of urea groups is 1. The summed E-state index contributed by atoms with van der Waals surface area (Å²) in [4.78, 5) is 25.4. The van der Waals surface area contributed by atoms with Crippen LogP contribution in [0.4, 0.5) is 4.79 Å². The van der Waals surface area contributed by atoms with Crippen LogP contribution in [0, 0.1) is 0 Å². The molecular formula is C25H28Cl2N2O4. The van der Waals surface area contributed by atoms with Crippen LogP contribution in [-0.2, 0) is 16.1 Å². The Labute approximate surface area is 204 Å². The summed E-state index contributed by atoms with van der Waals surface area (Å²) in [5.41, 5.74) is 2.52. The Morgan fingerprint density at radius 1 is 1.15 bits per heavy atom. The van der Waals surface area contributed by atoms with Crippen molar-refractivity contribution < 1.29 is 19.1 Å². The molecule has 2 amide bonds. The Hall–Kier alpha value is -2.70. The molecule has 1 aliphatic heterocycles. The van der Waals surface area contributed by atoms with E-state index in [-0.39, 0.29) is 18.7 Å². The molecular weight excluding hydrogens is 463 g/mol. The number of halogens is 2. The maximum Gasteiger partial charge on any atom is 0.338 e. The molecule has 0 radical (unpaired) electrons. The summed E-state index contributed by atoms with van der Waals surface area (Å²) < 4.78 is 11.4. The molecule has 8 heteroatoms. The van der Waals surface area contributed by atoms with Crippen LogP contribution in [0.25, 0.3) is 0 Å². The van der Waals surface area contributed by atoms with Crippen molar-refractivity contribution in [3.8, 4) is 5.75 Å². The number of unbranched alkanes of at least 4 members (excludes halogenated alkanes) is 1. The van der Waals surface area contributed by atoms with Gasteiger partial charge in [0.2, 0.25) is 0 Å². The van der Waals surface area contributed by atoms with E-state index < -0.39 is 12.0 Å². The molecule has 2 aromatic rings. The third-order valence-electron chi connectivity index (χ3n) is 5.10. The molecule has 1 heterocycles. The van der Waals surface area contributed by atoms with E-state index in [2.05, 4.69) is 17.6 Å². The van der Waals surface area contributed by atoms with Gasteiger partial charge in [-0.3, -0.25) is 0 Å². The molecule has 1 atom stereocenters. The van der Waals surface area contributed by atoms with Gasteiger partial charge in [-0.1, -0.05) is 54.7 Å². The van der Waals surface area contributed by atoms with Crippen molar-refractivity contribution in [1.29, 1.82) is 0 Å². The number of nitrogens with one attached hydrogen (secondary N) is 2. The van der Waals surface area contributed by atoms with Crippen molar-refractivity contribution >= 4 is 35.2 Å². The van der Waals surface area contributed by atoms with E-state index in [1.807, 2.05) is 24.3 Å². The topological polar surface area (TPSA) is 76.7 Å². The largest absolute Gasteiger partial charge is 0.489 e. The summed E-state index contributed by atoms with van der Waals surface area (Å²) in [5, 5.41) is 6.73. The van der Waals surface area contributed by atoms with Gasteiger partial charge in [-0.25, -0.2) is 9.59 Å². The first-order valence-corrected chi connectivity index (χ1v) is 11.7. The minimum Gasteiger partial charge on any atom is -0.489 e. The molecule has 0 aliphatic carbocycles. The first-order valence-electron chi connectivity index (χ1n) is 11.0. The first kappa shape index (κ1) is 24.9. The molecule has 0 aromatic heterocycles. The second kappa shape index (κ2) is 11.4. The van der Waals surface area contributed by atoms with Gasteiger partial charge in [-0.2, -0.15) is 0 Å². The zero-order chi connectivity index (χ0) is 24.0. The van der Waals surface area contributed by atoms with Crippen molar-refractivity contribution in [3.05, 3.63) is 74.9 Å². The van der Waals surface area contributed by atoms with Crippen molar-refractivity contribution in [2.75, 3.05) is 0 Å². The van der Waals surface area contributed by atoms with Gasteiger partial charge in [0.05, 0.1) is 17.7 Å². The fraction of sp³-hybridized carbons (Fsp3) is 0.360. The molecule has 1 aliphatic rings. The number of esters is 1. The number of hydrogen-bond acceptors (Lipinski definition) is 4. The number of amides is 2. The number of carbonyl (C=O) groups excluding carboxylic acids is 2. The molecule has 176 valence electrons. The average Bonchev–Trinajstić information content (AvgIpc) is 2.76. The SMILES string of the molecule is CCCCC1=C(C(=O)OC(C)C)C(c2cccc(OCc3ccc(Cl)cc3Cl)c2)NC(=O)N1. The van der Waals surface area contributed by atoms with Crippen LogP contribution in [-0.4, -0.2) is 18.1 Å². The number of carbonyl (C=O) groups is 2. The summed E-state index contributed by atoms with van der Waals surface area (Å²) in [6.45, 7) is 5.90. The van der Waals surface area contributed by atoms with E-state index in [9.17, 15) is 9.59 Å². The van der Waals surface area contributed by atoms with Crippen LogP contribution >= 0.6 is 23.2 Å². The lowest BCUT2D eigenvalue weighted by molar-refractivity contribution is -0.143. The van der Waals surface area contributed by atoms with E-state index in [1.165, 1.54) is 0 Å². The Bertz CT molecular complexity index is 1050. The van der Waals surface area contributed by atoms with E-state index in [0.29, 0.717) is 39.0 Å². The highest BCUT2D eigenvalue weighted by Gasteiger charge is 2.34. The fourth-order valence-corrected chi connectivity index (χ4v) is 3.98. The molecule has 1 unspecified atom stereocenters.